The summed E-state index contributed by atoms with van der Waals surface area (Å²) in [7, 11) is 0. The molecule has 0 saturated carbocycles. The number of piperidine rings is 1. The van der Waals surface area contributed by atoms with Gasteiger partial charge in [-0.1, -0.05) is 0 Å². The monoisotopic (exact) mass is 293 g/mol. The molecule has 0 radical (unpaired) electrons. The van der Waals surface area contributed by atoms with Crippen LogP contribution in [0, 0.1) is 12.8 Å². The van der Waals surface area contributed by atoms with Gasteiger partial charge in [0.1, 0.15) is 5.69 Å². The average Bonchev–Trinajstić information content (AvgIpc) is 2.88. The number of esters is 1. The lowest BCUT2D eigenvalue weighted by molar-refractivity contribution is -0.149. The quantitative estimate of drug-likeness (QED) is 0.791. The van der Waals surface area contributed by atoms with Crippen LogP contribution in [0.15, 0.2) is 6.07 Å². The fourth-order valence-corrected chi connectivity index (χ4v) is 2.73. The van der Waals surface area contributed by atoms with Gasteiger partial charge in [-0.3, -0.25) is 14.3 Å². The molecule has 1 aliphatic heterocycles. The Kier molecular flexibility index (Phi) is 4.98. The Labute approximate surface area is 125 Å². The number of carbonyl (C=O) groups excluding carboxylic acids is 2. The molecule has 1 atom stereocenters. The van der Waals surface area contributed by atoms with E-state index in [0.29, 0.717) is 31.9 Å². The summed E-state index contributed by atoms with van der Waals surface area (Å²) in [5.41, 5.74) is 1.43. The van der Waals surface area contributed by atoms with Crippen molar-refractivity contribution in [1.82, 2.24) is 14.7 Å². The number of nitrogens with zero attached hydrogens (tertiary/aromatic N) is 3. The second-order valence-electron chi connectivity index (χ2n) is 5.33. The zero-order valence-corrected chi connectivity index (χ0v) is 13.0. The standard InChI is InChI=1S/C15H23N3O3/c1-4-18-13(9-11(3)16-18)14(19)17-8-6-7-12(10-17)15(20)21-5-2/h9,12H,4-8,10H2,1-3H3/t12-/m1/s1. The van der Waals surface area contributed by atoms with Gasteiger partial charge in [-0.05, 0) is 39.7 Å². The molecule has 6 nitrogen and oxygen atoms in total. The maximum Gasteiger partial charge on any atom is 0.310 e. The van der Waals surface area contributed by atoms with E-state index in [1.165, 1.54) is 0 Å². The number of rotatable bonds is 4. The molecule has 0 spiro atoms. The summed E-state index contributed by atoms with van der Waals surface area (Å²) in [6.45, 7) is 7.79. The molecular formula is C15H23N3O3. The van der Waals surface area contributed by atoms with Crippen LogP contribution in [0.5, 0.6) is 0 Å². The third kappa shape index (κ3) is 3.43. The number of aryl methyl sites for hydroxylation is 2. The molecule has 1 aliphatic rings. The van der Waals surface area contributed by atoms with Crippen molar-refractivity contribution >= 4 is 11.9 Å². The highest BCUT2D eigenvalue weighted by molar-refractivity contribution is 5.93. The summed E-state index contributed by atoms with van der Waals surface area (Å²) in [5.74, 6) is -0.455. The minimum Gasteiger partial charge on any atom is -0.466 e. The third-order valence-corrected chi connectivity index (χ3v) is 3.75. The van der Waals surface area contributed by atoms with Crippen molar-refractivity contribution in [3.8, 4) is 0 Å². The maximum atomic E-state index is 12.6. The molecule has 1 aromatic rings. The van der Waals surface area contributed by atoms with Crippen LogP contribution < -0.4 is 0 Å². The largest absolute Gasteiger partial charge is 0.466 e. The van der Waals surface area contributed by atoms with Gasteiger partial charge in [0.15, 0.2) is 0 Å². The smallest absolute Gasteiger partial charge is 0.310 e. The van der Waals surface area contributed by atoms with Crippen molar-refractivity contribution in [3.63, 3.8) is 0 Å². The summed E-state index contributed by atoms with van der Waals surface area (Å²) in [6, 6.07) is 1.81. The third-order valence-electron chi connectivity index (χ3n) is 3.75. The van der Waals surface area contributed by atoms with Gasteiger partial charge in [-0.15, -0.1) is 0 Å². The molecule has 0 N–H and O–H groups in total. The molecule has 1 saturated heterocycles. The van der Waals surface area contributed by atoms with Gasteiger partial charge in [-0.2, -0.15) is 5.10 Å². The van der Waals surface area contributed by atoms with E-state index >= 15 is 0 Å². The van der Waals surface area contributed by atoms with Gasteiger partial charge in [0.05, 0.1) is 18.2 Å². The predicted molar refractivity (Wildman–Crippen MR) is 77.9 cm³/mol. The van der Waals surface area contributed by atoms with E-state index in [9.17, 15) is 9.59 Å². The van der Waals surface area contributed by atoms with Crippen LogP contribution in [0.4, 0.5) is 0 Å². The topological polar surface area (TPSA) is 64.4 Å². The molecule has 0 aromatic carbocycles. The van der Waals surface area contributed by atoms with E-state index in [4.69, 9.17) is 4.74 Å². The molecule has 0 aliphatic carbocycles. The normalized spacial score (nSPS) is 18.6. The van der Waals surface area contributed by atoms with E-state index in [-0.39, 0.29) is 17.8 Å². The molecule has 6 heteroatoms. The number of carbonyl (C=O) groups is 2. The highest BCUT2D eigenvalue weighted by Crippen LogP contribution is 2.20. The van der Waals surface area contributed by atoms with Gasteiger partial charge in [0.25, 0.3) is 5.91 Å². The van der Waals surface area contributed by atoms with E-state index in [2.05, 4.69) is 5.10 Å². The van der Waals surface area contributed by atoms with E-state index in [1.54, 1.807) is 22.6 Å². The zero-order chi connectivity index (χ0) is 15.4. The van der Waals surface area contributed by atoms with Crippen molar-refractivity contribution in [2.24, 2.45) is 5.92 Å². The van der Waals surface area contributed by atoms with Crippen molar-refractivity contribution in [2.45, 2.75) is 40.2 Å². The van der Waals surface area contributed by atoms with E-state index < -0.39 is 0 Å². The molecule has 0 bridgehead atoms. The SMILES string of the molecule is CCOC(=O)[C@@H]1CCCN(C(=O)c2cc(C)nn2CC)C1. The lowest BCUT2D eigenvalue weighted by Crippen LogP contribution is -2.43. The number of aromatic nitrogens is 2. The highest BCUT2D eigenvalue weighted by Gasteiger charge is 2.31. The predicted octanol–water partition coefficient (Wildman–Crippen LogP) is 1.63. The molecule has 1 aromatic heterocycles. The lowest BCUT2D eigenvalue weighted by atomic mass is 9.98. The first-order valence-corrected chi connectivity index (χ1v) is 7.57. The number of ether oxygens (including phenoxy) is 1. The Morgan fingerprint density at radius 2 is 2.19 bits per heavy atom. The van der Waals surface area contributed by atoms with Crippen LogP contribution in [-0.4, -0.2) is 46.3 Å². The van der Waals surface area contributed by atoms with Crippen LogP contribution in [0.1, 0.15) is 42.9 Å². The van der Waals surface area contributed by atoms with Gasteiger partial charge in [0, 0.05) is 19.6 Å². The van der Waals surface area contributed by atoms with Crippen molar-refractivity contribution in [1.29, 1.82) is 0 Å². The van der Waals surface area contributed by atoms with Gasteiger partial charge in [-0.25, -0.2) is 0 Å². The first kappa shape index (κ1) is 15.5. The lowest BCUT2D eigenvalue weighted by Gasteiger charge is -2.31. The van der Waals surface area contributed by atoms with E-state index in [0.717, 1.165) is 18.5 Å². The molecule has 21 heavy (non-hydrogen) atoms. The van der Waals surface area contributed by atoms with Crippen LogP contribution in [0.3, 0.4) is 0 Å². The van der Waals surface area contributed by atoms with Gasteiger partial charge < -0.3 is 9.64 Å². The van der Waals surface area contributed by atoms with Crippen molar-refractivity contribution in [2.75, 3.05) is 19.7 Å². The summed E-state index contributed by atoms with van der Waals surface area (Å²) in [5, 5.41) is 4.31. The minimum atomic E-state index is -0.207. The Bertz CT molecular complexity index is 524. The van der Waals surface area contributed by atoms with Gasteiger partial charge in [0.2, 0.25) is 0 Å². The van der Waals surface area contributed by atoms with Crippen LogP contribution in [0.2, 0.25) is 0 Å². The maximum absolute atomic E-state index is 12.6. The summed E-state index contributed by atoms with van der Waals surface area (Å²) in [6.07, 6.45) is 1.61. The molecule has 2 heterocycles. The fourth-order valence-electron chi connectivity index (χ4n) is 2.73. The fraction of sp³-hybridized carbons (Fsp3) is 0.667. The van der Waals surface area contributed by atoms with Crippen LogP contribution in [0.25, 0.3) is 0 Å². The van der Waals surface area contributed by atoms with E-state index in [1.807, 2.05) is 13.8 Å². The first-order valence-electron chi connectivity index (χ1n) is 7.57. The first-order chi connectivity index (χ1) is 10.1. The Balaban J connectivity index is 2.10. The number of hydrogen-bond acceptors (Lipinski definition) is 4. The van der Waals surface area contributed by atoms with Crippen molar-refractivity contribution < 1.29 is 14.3 Å². The molecular weight excluding hydrogens is 270 g/mol. The highest BCUT2D eigenvalue weighted by atomic mass is 16.5. The second kappa shape index (κ2) is 6.74. The number of hydrogen-bond donors (Lipinski definition) is 0. The van der Waals surface area contributed by atoms with Gasteiger partial charge >= 0.3 is 5.97 Å². The average molecular weight is 293 g/mol. The van der Waals surface area contributed by atoms with Crippen LogP contribution >= 0.6 is 0 Å². The number of amides is 1. The van der Waals surface area contributed by atoms with Crippen LogP contribution in [-0.2, 0) is 16.1 Å². The Morgan fingerprint density at radius 3 is 2.86 bits per heavy atom. The molecule has 2 rings (SSSR count). The molecule has 116 valence electrons. The Morgan fingerprint density at radius 1 is 1.43 bits per heavy atom. The zero-order valence-electron chi connectivity index (χ0n) is 13.0. The second-order valence-corrected chi connectivity index (χ2v) is 5.33. The molecule has 0 unspecified atom stereocenters. The molecule has 1 fully saturated rings. The summed E-state index contributed by atoms with van der Waals surface area (Å²) >= 11 is 0. The summed E-state index contributed by atoms with van der Waals surface area (Å²) < 4.78 is 6.78. The van der Waals surface area contributed by atoms with Crippen molar-refractivity contribution in [3.05, 3.63) is 17.5 Å². The summed E-state index contributed by atoms with van der Waals surface area (Å²) in [4.78, 5) is 26.2. The number of likely N-dealkylation sites (tertiary alicyclic amines) is 1. The Hall–Kier alpha value is -1.85. The molecule has 1 amide bonds. The minimum absolute atomic E-state index is 0.0496.